The van der Waals surface area contributed by atoms with Gasteiger partial charge in [0.2, 0.25) is 5.95 Å². The maximum atomic E-state index is 12.9. The van der Waals surface area contributed by atoms with Crippen LogP contribution in [0.15, 0.2) is 36.7 Å². The van der Waals surface area contributed by atoms with Gasteiger partial charge < -0.3 is 14.5 Å². The van der Waals surface area contributed by atoms with Crippen LogP contribution in [0, 0.1) is 6.92 Å². The third kappa shape index (κ3) is 3.73. The van der Waals surface area contributed by atoms with Gasteiger partial charge in [0, 0.05) is 38.6 Å². The number of aromatic nitrogens is 2. The maximum absolute atomic E-state index is 12.9. The molecule has 6 nitrogen and oxygen atoms in total. The lowest BCUT2D eigenvalue weighted by Gasteiger charge is -2.37. The van der Waals surface area contributed by atoms with Crippen LogP contribution in [0.4, 0.5) is 5.95 Å². The number of anilines is 1. The van der Waals surface area contributed by atoms with E-state index < -0.39 is 0 Å². The number of nitrogens with zero attached hydrogens (tertiary/aromatic N) is 4. The predicted molar refractivity (Wildman–Crippen MR) is 97.1 cm³/mol. The van der Waals surface area contributed by atoms with Gasteiger partial charge >= 0.3 is 0 Å². The first-order chi connectivity index (χ1) is 12.1. The minimum Gasteiger partial charge on any atom is -0.496 e. The first-order valence-electron chi connectivity index (χ1n) is 8.54. The van der Waals surface area contributed by atoms with Crippen molar-refractivity contribution in [1.82, 2.24) is 14.9 Å². The molecule has 2 heterocycles. The van der Waals surface area contributed by atoms with Crippen molar-refractivity contribution in [3.63, 3.8) is 0 Å². The number of methoxy groups -OCH3 is 1. The van der Waals surface area contributed by atoms with Gasteiger partial charge in [-0.15, -0.1) is 0 Å². The van der Waals surface area contributed by atoms with Crippen molar-refractivity contribution in [3.8, 4) is 5.75 Å². The Balaban J connectivity index is 1.74. The van der Waals surface area contributed by atoms with E-state index in [9.17, 15) is 4.79 Å². The highest BCUT2D eigenvalue weighted by atomic mass is 16.5. The summed E-state index contributed by atoms with van der Waals surface area (Å²) in [5, 5.41) is 0. The van der Waals surface area contributed by atoms with Crippen LogP contribution in [0.3, 0.4) is 0 Å². The van der Waals surface area contributed by atoms with Gasteiger partial charge in [0.25, 0.3) is 5.91 Å². The van der Waals surface area contributed by atoms with E-state index in [0.29, 0.717) is 23.8 Å². The molecule has 0 radical (unpaired) electrons. The summed E-state index contributed by atoms with van der Waals surface area (Å²) < 4.78 is 5.33. The Kier molecular flexibility index (Phi) is 5.16. The quantitative estimate of drug-likeness (QED) is 0.856. The van der Waals surface area contributed by atoms with Crippen molar-refractivity contribution in [1.29, 1.82) is 0 Å². The van der Waals surface area contributed by atoms with Gasteiger partial charge in [0.1, 0.15) is 5.75 Å². The first-order valence-corrected chi connectivity index (χ1v) is 8.54. The highest BCUT2D eigenvalue weighted by Crippen LogP contribution is 2.23. The second-order valence-electron chi connectivity index (χ2n) is 6.42. The van der Waals surface area contributed by atoms with Gasteiger partial charge in [-0.1, -0.05) is 12.1 Å². The Labute approximate surface area is 148 Å². The molecule has 3 rings (SSSR count). The molecule has 1 aliphatic rings. The lowest BCUT2D eigenvalue weighted by molar-refractivity contribution is 0.0703. The van der Waals surface area contributed by atoms with Crippen molar-refractivity contribution in [2.75, 3.05) is 32.1 Å². The Morgan fingerprint density at radius 1 is 1.28 bits per heavy atom. The molecule has 1 fully saturated rings. The predicted octanol–water partition coefficient (Wildman–Crippen LogP) is 2.53. The molecule has 1 saturated heterocycles. The number of hydrogen-bond donors (Lipinski definition) is 0. The van der Waals surface area contributed by atoms with Crippen LogP contribution in [0.2, 0.25) is 0 Å². The molecule has 0 N–H and O–H groups in total. The molecule has 1 unspecified atom stereocenters. The van der Waals surface area contributed by atoms with Gasteiger partial charge in [0.15, 0.2) is 0 Å². The topological polar surface area (TPSA) is 58.6 Å². The molecule has 132 valence electrons. The van der Waals surface area contributed by atoms with Crippen LogP contribution >= 0.6 is 0 Å². The summed E-state index contributed by atoms with van der Waals surface area (Å²) in [6.07, 6.45) is 5.62. The number of aryl methyl sites for hydroxylation is 1. The van der Waals surface area contributed by atoms with Crippen LogP contribution in [-0.4, -0.2) is 54.1 Å². The van der Waals surface area contributed by atoms with Gasteiger partial charge in [-0.05, 0) is 37.5 Å². The van der Waals surface area contributed by atoms with Crippen molar-refractivity contribution < 1.29 is 9.53 Å². The molecule has 0 spiro atoms. The standard InChI is InChI=1S/C19H24N4O2/c1-14-11-20-19(21-12-14)22(2)15-7-6-10-23(13-15)18(24)16-8-4-5-9-17(16)25-3/h4-5,8-9,11-12,15H,6-7,10,13H2,1-3H3. The number of carbonyl (C=O) groups is 1. The summed E-state index contributed by atoms with van der Waals surface area (Å²) in [7, 11) is 3.58. The number of hydrogen-bond acceptors (Lipinski definition) is 5. The summed E-state index contributed by atoms with van der Waals surface area (Å²) in [6, 6.07) is 7.58. The second kappa shape index (κ2) is 7.51. The molecule has 0 bridgehead atoms. The first kappa shape index (κ1) is 17.2. The summed E-state index contributed by atoms with van der Waals surface area (Å²) >= 11 is 0. The molecular formula is C19H24N4O2. The van der Waals surface area contributed by atoms with E-state index in [1.54, 1.807) is 7.11 Å². The average molecular weight is 340 g/mol. The average Bonchev–Trinajstić information content (AvgIpc) is 2.67. The Morgan fingerprint density at radius 2 is 2.00 bits per heavy atom. The molecule has 6 heteroatoms. The number of likely N-dealkylation sites (tertiary alicyclic amines) is 1. The number of carbonyl (C=O) groups excluding carboxylic acids is 1. The monoisotopic (exact) mass is 340 g/mol. The summed E-state index contributed by atoms with van der Waals surface area (Å²) in [5.41, 5.74) is 1.65. The Morgan fingerprint density at radius 3 is 2.72 bits per heavy atom. The van der Waals surface area contributed by atoms with Crippen molar-refractivity contribution in [2.45, 2.75) is 25.8 Å². The van der Waals surface area contributed by atoms with E-state index in [1.165, 1.54) is 0 Å². The smallest absolute Gasteiger partial charge is 0.257 e. The summed E-state index contributed by atoms with van der Waals surface area (Å²) in [6.45, 7) is 3.39. The van der Waals surface area contributed by atoms with E-state index in [2.05, 4.69) is 14.9 Å². The lowest BCUT2D eigenvalue weighted by atomic mass is 10.0. The molecule has 1 amide bonds. The zero-order valence-corrected chi connectivity index (χ0v) is 15.0. The van der Waals surface area contributed by atoms with E-state index in [1.807, 2.05) is 55.5 Å². The SMILES string of the molecule is COc1ccccc1C(=O)N1CCCC(N(C)c2ncc(C)cn2)C1. The fraction of sp³-hybridized carbons (Fsp3) is 0.421. The van der Waals surface area contributed by atoms with Gasteiger partial charge in [0.05, 0.1) is 12.7 Å². The lowest BCUT2D eigenvalue weighted by Crippen LogP contribution is -2.49. The van der Waals surface area contributed by atoms with Crippen molar-refractivity contribution in [2.24, 2.45) is 0 Å². The highest BCUT2D eigenvalue weighted by molar-refractivity contribution is 5.97. The van der Waals surface area contributed by atoms with Crippen LogP contribution in [-0.2, 0) is 0 Å². The maximum Gasteiger partial charge on any atom is 0.257 e. The number of benzene rings is 1. The Hall–Kier alpha value is -2.63. The molecule has 0 saturated carbocycles. The van der Waals surface area contributed by atoms with Crippen LogP contribution < -0.4 is 9.64 Å². The van der Waals surface area contributed by atoms with E-state index in [0.717, 1.165) is 24.9 Å². The fourth-order valence-electron chi connectivity index (χ4n) is 3.18. The number of likely N-dealkylation sites (N-methyl/N-ethyl adjacent to an activating group) is 1. The Bertz CT molecular complexity index is 732. The fourth-order valence-corrected chi connectivity index (χ4v) is 3.18. The number of ether oxygens (including phenoxy) is 1. The molecular weight excluding hydrogens is 316 g/mol. The van der Waals surface area contributed by atoms with Crippen molar-refractivity contribution in [3.05, 3.63) is 47.8 Å². The molecule has 1 aromatic heterocycles. The van der Waals surface area contributed by atoms with Gasteiger partial charge in [-0.25, -0.2) is 9.97 Å². The molecule has 1 aromatic carbocycles. The summed E-state index contributed by atoms with van der Waals surface area (Å²) in [5.74, 6) is 1.33. The third-order valence-electron chi connectivity index (χ3n) is 4.65. The van der Waals surface area contributed by atoms with E-state index in [4.69, 9.17) is 4.74 Å². The summed E-state index contributed by atoms with van der Waals surface area (Å²) in [4.78, 5) is 25.7. The van der Waals surface area contributed by atoms with Crippen LogP contribution in [0.1, 0.15) is 28.8 Å². The normalized spacial score (nSPS) is 17.2. The van der Waals surface area contributed by atoms with Gasteiger partial charge in [-0.2, -0.15) is 0 Å². The van der Waals surface area contributed by atoms with E-state index in [-0.39, 0.29) is 11.9 Å². The number of rotatable bonds is 4. The number of piperidine rings is 1. The minimum absolute atomic E-state index is 0.0142. The zero-order valence-electron chi connectivity index (χ0n) is 15.0. The largest absolute Gasteiger partial charge is 0.496 e. The molecule has 2 aromatic rings. The number of para-hydroxylation sites is 1. The van der Waals surface area contributed by atoms with Crippen LogP contribution in [0.5, 0.6) is 5.75 Å². The minimum atomic E-state index is 0.0142. The zero-order chi connectivity index (χ0) is 17.8. The highest BCUT2D eigenvalue weighted by Gasteiger charge is 2.29. The van der Waals surface area contributed by atoms with Gasteiger partial charge in [-0.3, -0.25) is 4.79 Å². The van der Waals surface area contributed by atoms with Crippen molar-refractivity contribution >= 4 is 11.9 Å². The third-order valence-corrected chi connectivity index (χ3v) is 4.65. The molecule has 1 aliphatic heterocycles. The second-order valence-corrected chi connectivity index (χ2v) is 6.42. The molecule has 0 aliphatic carbocycles. The molecule has 25 heavy (non-hydrogen) atoms. The number of amides is 1. The van der Waals surface area contributed by atoms with E-state index >= 15 is 0 Å². The molecule has 1 atom stereocenters. The van der Waals surface area contributed by atoms with Crippen LogP contribution in [0.25, 0.3) is 0 Å².